The molecule has 8 heteroatoms. The summed E-state index contributed by atoms with van der Waals surface area (Å²) >= 11 is 0. The zero-order chi connectivity index (χ0) is 25.9. The molecule has 1 atom stereocenters. The molecule has 8 nitrogen and oxygen atoms in total. The molecule has 0 radical (unpaired) electrons. The van der Waals surface area contributed by atoms with E-state index >= 15 is 0 Å². The summed E-state index contributed by atoms with van der Waals surface area (Å²) < 4.78 is 16.7. The van der Waals surface area contributed by atoms with Crippen LogP contribution in [-0.2, 0) is 9.59 Å². The van der Waals surface area contributed by atoms with Crippen LogP contribution in [0.15, 0.2) is 54.6 Å². The molecular formula is C28H35NO7. The predicted octanol–water partition coefficient (Wildman–Crippen LogP) is 4.55. The molecule has 0 aromatic heterocycles. The van der Waals surface area contributed by atoms with Gasteiger partial charge in [0.1, 0.15) is 5.75 Å². The van der Waals surface area contributed by atoms with E-state index < -0.39 is 11.9 Å². The van der Waals surface area contributed by atoms with Crippen LogP contribution in [-0.4, -0.2) is 67.5 Å². The van der Waals surface area contributed by atoms with Crippen LogP contribution < -0.4 is 14.2 Å². The highest BCUT2D eigenvalue weighted by Crippen LogP contribution is 2.37. The molecule has 2 aromatic carbocycles. The Morgan fingerprint density at radius 3 is 2.28 bits per heavy atom. The lowest BCUT2D eigenvalue weighted by Gasteiger charge is -2.34. The summed E-state index contributed by atoms with van der Waals surface area (Å²) in [4.78, 5) is 21.7. The number of fused-ring (bicyclic) bond motifs is 1. The number of rotatable bonds is 8. The highest BCUT2D eigenvalue weighted by Gasteiger charge is 2.25. The van der Waals surface area contributed by atoms with Gasteiger partial charge in [-0.05, 0) is 86.5 Å². The molecule has 4 rings (SSSR count). The number of methoxy groups -OCH3 is 2. The number of hydrogen-bond acceptors (Lipinski definition) is 6. The Labute approximate surface area is 212 Å². The zero-order valence-electron chi connectivity index (χ0n) is 20.9. The maximum absolute atomic E-state index is 9.55. The number of para-hydroxylation sites is 1. The first-order valence-electron chi connectivity index (χ1n) is 12.2. The zero-order valence-corrected chi connectivity index (χ0v) is 20.9. The molecule has 36 heavy (non-hydrogen) atoms. The first-order valence-corrected chi connectivity index (χ1v) is 12.2. The molecule has 0 bridgehead atoms. The van der Waals surface area contributed by atoms with Crippen LogP contribution in [0.1, 0.15) is 48.6 Å². The Hall–Kier alpha value is -3.52. The fourth-order valence-corrected chi connectivity index (χ4v) is 4.79. The fraction of sp³-hybridized carbons (Fsp3) is 0.429. The van der Waals surface area contributed by atoms with Crippen molar-refractivity contribution in [2.75, 3.05) is 40.5 Å². The summed E-state index contributed by atoms with van der Waals surface area (Å²) in [7, 11) is 3.39. The summed E-state index contributed by atoms with van der Waals surface area (Å²) in [5, 5.41) is 15.6. The Morgan fingerprint density at radius 2 is 1.64 bits per heavy atom. The molecule has 0 spiro atoms. The number of carboxylic acids is 2. The lowest BCUT2D eigenvalue weighted by molar-refractivity contribution is -0.134. The number of benzene rings is 2. The number of carbonyl (C=O) groups is 2. The van der Waals surface area contributed by atoms with E-state index in [4.69, 9.17) is 24.4 Å². The van der Waals surface area contributed by atoms with Crippen LogP contribution in [0.4, 0.5) is 0 Å². The molecule has 194 valence electrons. The minimum absolute atomic E-state index is 0.558. The van der Waals surface area contributed by atoms with Crippen LogP contribution >= 0.6 is 0 Å². The second-order valence-electron chi connectivity index (χ2n) is 8.90. The van der Waals surface area contributed by atoms with Crippen molar-refractivity contribution in [1.29, 1.82) is 0 Å². The fourth-order valence-electron chi connectivity index (χ4n) is 4.79. The first-order chi connectivity index (χ1) is 17.4. The van der Waals surface area contributed by atoms with E-state index in [1.165, 1.54) is 50.0 Å². The highest BCUT2D eigenvalue weighted by atomic mass is 16.5. The number of nitrogens with zero attached hydrogens (tertiary/aromatic N) is 1. The molecule has 1 saturated heterocycles. The lowest BCUT2D eigenvalue weighted by atomic mass is 9.87. The van der Waals surface area contributed by atoms with Crippen molar-refractivity contribution in [3.63, 3.8) is 0 Å². The number of piperidine rings is 1. The molecule has 2 aromatic rings. The van der Waals surface area contributed by atoms with Gasteiger partial charge in [-0.15, -0.1) is 0 Å². The van der Waals surface area contributed by atoms with Gasteiger partial charge in [-0.3, -0.25) is 0 Å². The minimum Gasteiger partial charge on any atom is -0.493 e. The Kier molecular flexibility index (Phi) is 10.2. The quantitative estimate of drug-likeness (QED) is 0.512. The van der Waals surface area contributed by atoms with Gasteiger partial charge in [0.05, 0.1) is 20.8 Å². The first kappa shape index (κ1) is 27.1. The average molecular weight is 498 g/mol. The van der Waals surface area contributed by atoms with Crippen molar-refractivity contribution in [2.45, 2.75) is 37.5 Å². The number of ether oxygens (including phenoxy) is 3. The third kappa shape index (κ3) is 7.75. The molecular weight excluding hydrogens is 462 g/mol. The van der Waals surface area contributed by atoms with Crippen molar-refractivity contribution in [1.82, 2.24) is 4.90 Å². The van der Waals surface area contributed by atoms with Crippen molar-refractivity contribution >= 4 is 11.9 Å². The molecule has 0 amide bonds. The molecule has 2 N–H and O–H groups in total. The van der Waals surface area contributed by atoms with E-state index in [-0.39, 0.29) is 0 Å². The molecule has 0 saturated carbocycles. The molecule has 2 aliphatic heterocycles. The van der Waals surface area contributed by atoms with Crippen molar-refractivity contribution < 1.29 is 34.0 Å². The average Bonchev–Trinajstić information content (AvgIpc) is 2.91. The van der Waals surface area contributed by atoms with Gasteiger partial charge in [0.2, 0.25) is 0 Å². The number of hydrogen-bond donors (Lipinski definition) is 2. The second kappa shape index (κ2) is 13.5. The Balaban J connectivity index is 0.000000392. The molecule has 1 fully saturated rings. The Bertz CT molecular complexity index is 1030. The van der Waals surface area contributed by atoms with E-state index in [1.54, 1.807) is 14.2 Å². The van der Waals surface area contributed by atoms with Crippen molar-refractivity contribution in [3.05, 3.63) is 65.7 Å². The van der Waals surface area contributed by atoms with E-state index in [9.17, 15) is 9.59 Å². The largest absolute Gasteiger partial charge is 0.493 e. The number of likely N-dealkylation sites (tertiary alicyclic amines) is 1. The standard InChI is InChI=1S/C24H31NO3.C4H4O4/c1-26-23-8-7-20(17-24(23)27-2)18-9-13-25(14-10-18)15-11-19-12-16-28-22-6-4-3-5-21(19)22;5-3(6)1-2-4(7)8/h3-8,17-19H,9-16H2,1-2H3;1-2H,(H,5,6)(H,7,8)/t19-;/m0./s1. The third-order valence-electron chi connectivity index (χ3n) is 6.71. The Morgan fingerprint density at radius 1 is 0.972 bits per heavy atom. The normalized spacial score (nSPS) is 17.9. The molecule has 2 heterocycles. The van der Waals surface area contributed by atoms with Crippen LogP contribution in [0, 0.1) is 0 Å². The van der Waals surface area contributed by atoms with E-state index in [1.807, 2.05) is 6.07 Å². The van der Waals surface area contributed by atoms with Crippen molar-refractivity contribution in [2.24, 2.45) is 0 Å². The van der Waals surface area contributed by atoms with Gasteiger partial charge in [-0.2, -0.15) is 0 Å². The van der Waals surface area contributed by atoms with Crippen molar-refractivity contribution in [3.8, 4) is 17.2 Å². The summed E-state index contributed by atoms with van der Waals surface area (Å²) in [6, 6.07) is 14.9. The molecule has 0 aliphatic carbocycles. The summed E-state index contributed by atoms with van der Waals surface area (Å²) in [5.41, 5.74) is 2.77. The van der Waals surface area contributed by atoms with Gasteiger partial charge in [0.15, 0.2) is 11.5 Å². The number of carboxylic acid groups (broad SMARTS) is 2. The van der Waals surface area contributed by atoms with Gasteiger partial charge in [-0.1, -0.05) is 24.3 Å². The monoisotopic (exact) mass is 497 g/mol. The van der Waals surface area contributed by atoms with Crippen LogP contribution in [0.5, 0.6) is 17.2 Å². The van der Waals surface area contributed by atoms with Crippen LogP contribution in [0.2, 0.25) is 0 Å². The lowest BCUT2D eigenvalue weighted by Crippen LogP contribution is -2.34. The summed E-state index contributed by atoms with van der Waals surface area (Å²) in [5.74, 6) is 1.46. The van der Waals surface area contributed by atoms with Gasteiger partial charge in [-0.25, -0.2) is 9.59 Å². The van der Waals surface area contributed by atoms with Gasteiger partial charge in [0, 0.05) is 12.2 Å². The molecule has 0 unspecified atom stereocenters. The molecule has 2 aliphatic rings. The van der Waals surface area contributed by atoms with Gasteiger partial charge < -0.3 is 29.3 Å². The van der Waals surface area contributed by atoms with E-state index in [2.05, 4.69) is 41.3 Å². The van der Waals surface area contributed by atoms with Gasteiger partial charge >= 0.3 is 11.9 Å². The maximum Gasteiger partial charge on any atom is 0.328 e. The number of aliphatic carboxylic acids is 2. The van der Waals surface area contributed by atoms with E-state index in [0.29, 0.717) is 24.0 Å². The maximum atomic E-state index is 9.55. The smallest absolute Gasteiger partial charge is 0.328 e. The minimum atomic E-state index is -1.26. The third-order valence-corrected chi connectivity index (χ3v) is 6.71. The van der Waals surface area contributed by atoms with E-state index in [0.717, 1.165) is 30.3 Å². The highest BCUT2D eigenvalue weighted by molar-refractivity contribution is 5.89. The summed E-state index contributed by atoms with van der Waals surface area (Å²) in [6.45, 7) is 4.37. The second-order valence-corrected chi connectivity index (χ2v) is 8.90. The summed E-state index contributed by atoms with van der Waals surface area (Å²) in [6.07, 6.45) is 5.89. The van der Waals surface area contributed by atoms with Gasteiger partial charge in [0.25, 0.3) is 0 Å². The topological polar surface area (TPSA) is 106 Å². The van der Waals surface area contributed by atoms with Crippen LogP contribution in [0.3, 0.4) is 0 Å². The van der Waals surface area contributed by atoms with Crippen LogP contribution in [0.25, 0.3) is 0 Å². The SMILES string of the molecule is COc1ccc(C2CCN(CC[C@H]3CCOc4ccccc43)CC2)cc1OC.O=C(O)C=CC(=O)O. The predicted molar refractivity (Wildman–Crippen MR) is 136 cm³/mol.